The summed E-state index contributed by atoms with van der Waals surface area (Å²) in [4.78, 5) is 0. The molecule has 2 rings (SSSR count). The van der Waals surface area contributed by atoms with E-state index in [0.29, 0.717) is 12.0 Å². The summed E-state index contributed by atoms with van der Waals surface area (Å²) in [5.41, 5.74) is 7.31. The highest BCUT2D eigenvalue weighted by atomic mass is 15.1. The minimum Gasteiger partial charge on any atom is -0.327 e. The fourth-order valence-corrected chi connectivity index (χ4v) is 1.71. The molecule has 1 aliphatic rings. The lowest BCUT2D eigenvalue weighted by Crippen LogP contribution is -2.06. The Balaban J connectivity index is 2.23. The monoisotopic (exact) mass is 151 g/mol. The van der Waals surface area contributed by atoms with Gasteiger partial charge in [-0.05, 0) is 11.5 Å². The third-order valence-electron chi connectivity index (χ3n) is 2.77. The molecule has 3 heteroatoms. The lowest BCUT2D eigenvalue weighted by molar-refractivity contribution is 0.595. The van der Waals surface area contributed by atoms with Gasteiger partial charge in [-0.25, -0.2) is 0 Å². The summed E-state index contributed by atoms with van der Waals surface area (Å²) >= 11 is 0. The summed E-state index contributed by atoms with van der Waals surface area (Å²) in [6.45, 7) is 4.37. The average molecular weight is 151 g/mol. The fraction of sp³-hybridized carbons (Fsp3) is 0.625. The minimum atomic E-state index is 0.256. The van der Waals surface area contributed by atoms with E-state index in [0.717, 1.165) is 0 Å². The number of nitrogens with two attached hydrogens (primary N) is 1. The van der Waals surface area contributed by atoms with Gasteiger partial charge >= 0.3 is 0 Å². The first kappa shape index (κ1) is 6.85. The fourth-order valence-electron chi connectivity index (χ4n) is 1.71. The first-order chi connectivity index (χ1) is 5.14. The first-order valence-corrected chi connectivity index (χ1v) is 3.89. The standard InChI is InChI=1S/C8H13N3/c1-8(2)6(7(8)9)5-3-4-10-11-5/h3-4,6-7H,9H2,1-2H3,(H,10,11)/t6-,7-/m1/s1. The molecule has 0 unspecified atom stereocenters. The van der Waals surface area contributed by atoms with Crippen LogP contribution in [0.3, 0.4) is 0 Å². The Hall–Kier alpha value is -0.830. The number of nitrogens with one attached hydrogen (secondary N) is 1. The topological polar surface area (TPSA) is 54.7 Å². The molecule has 60 valence electrons. The largest absolute Gasteiger partial charge is 0.327 e. The SMILES string of the molecule is CC1(C)[C@H](N)[C@H]1c1ccn[nH]1. The van der Waals surface area contributed by atoms with E-state index in [4.69, 9.17) is 5.73 Å². The quantitative estimate of drug-likeness (QED) is 0.625. The third-order valence-corrected chi connectivity index (χ3v) is 2.77. The van der Waals surface area contributed by atoms with Crippen LogP contribution in [0, 0.1) is 5.41 Å². The van der Waals surface area contributed by atoms with Crippen molar-refractivity contribution in [3.8, 4) is 0 Å². The highest BCUT2D eigenvalue weighted by Gasteiger charge is 2.56. The van der Waals surface area contributed by atoms with Crippen LogP contribution in [0.5, 0.6) is 0 Å². The summed E-state index contributed by atoms with van der Waals surface area (Å²) in [7, 11) is 0. The van der Waals surface area contributed by atoms with Crippen molar-refractivity contribution in [2.75, 3.05) is 0 Å². The average Bonchev–Trinajstić information content (AvgIpc) is 2.40. The molecule has 3 N–H and O–H groups in total. The van der Waals surface area contributed by atoms with E-state index in [1.807, 2.05) is 6.07 Å². The lowest BCUT2D eigenvalue weighted by Gasteiger charge is -1.97. The van der Waals surface area contributed by atoms with Gasteiger partial charge in [0, 0.05) is 23.9 Å². The van der Waals surface area contributed by atoms with Crippen molar-refractivity contribution in [1.29, 1.82) is 0 Å². The molecule has 3 nitrogen and oxygen atoms in total. The van der Waals surface area contributed by atoms with Crippen molar-refractivity contribution < 1.29 is 0 Å². The highest BCUT2D eigenvalue weighted by Crippen LogP contribution is 2.56. The third kappa shape index (κ3) is 0.807. The van der Waals surface area contributed by atoms with Crippen molar-refractivity contribution in [2.45, 2.75) is 25.8 Å². The van der Waals surface area contributed by atoms with E-state index in [-0.39, 0.29) is 5.41 Å². The van der Waals surface area contributed by atoms with Crippen LogP contribution in [-0.2, 0) is 0 Å². The summed E-state index contributed by atoms with van der Waals surface area (Å²) in [6.07, 6.45) is 1.77. The maximum Gasteiger partial charge on any atom is 0.0490 e. The highest BCUT2D eigenvalue weighted by molar-refractivity contribution is 5.27. The van der Waals surface area contributed by atoms with Gasteiger partial charge in [-0.1, -0.05) is 13.8 Å². The molecule has 1 aromatic heterocycles. The van der Waals surface area contributed by atoms with Gasteiger partial charge in [0.15, 0.2) is 0 Å². The number of hydrogen-bond donors (Lipinski definition) is 2. The van der Waals surface area contributed by atoms with E-state index in [1.54, 1.807) is 6.20 Å². The maximum atomic E-state index is 5.89. The van der Waals surface area contributed by atoms with Crippen LogP contribution in [-0.4, -0.2) is 16.2 Å². The number of rotatable bonds is 1. The van der Waals surface area contributed by atoms with Crippen LogP contribution < -0.4 is 5.73 Å². The van der Waals surface area contributed by atoms with E-state index in [1.165, 1.54) is 5.69 Å². The normalized spacial score (nSPS) is 33.7. The molecular formula is C8H13N3. The first-order valence-electron chi connectivity index (χ1n) is 3.89. The Labute approximate surface area is 66.0 Å². The summed E-state index contributed by atoms with van der Waals surface area (Å²) in [5, 5.41) is 6.86. The summed E-state index contributed by atoms with van der Waals surface area (Å²) in [6, 6.07) is 2.29. The zero-order valence-electron chi connectivity index (χ0n) is 6.83. The predicted molar refractivity (Wildman–Crippen MR) is 43.1 cm³/mol. The van der Waals surface area contributed by atoms with E-state index in [2.05, 4.69) is 24.0 Å². The van der Waals surface area contributed by atoms with E-state index in [9.17, 15) is 0 Å². The second-order valence-corrected chi connectivity index (χ2v) is 3.84. The summed E-state index contributed by atoms with van der Waals surface area (Å²) in [5.74, 6) is 0.477. The number of nitrogens with zero attached hydrogens (tertiary/aromatic N) is 1. The van der Waals surface area contributed by atoms with Crippen LogP contribution in [0.2, 0.25) is 0 Å². The molecule has 2 atom stereocenters. The molecule has 11 heavy (non-hydrogen) atoms. The zero-order chi connectivity index (χ0) is 8.06. The molecule has 0 saturated heterocycles. The molecule has 0 aromatic carbocycles. The van der Waals surface area contributed by atoms with Crippen molar-refractivity contribution in [2.24, 2.45) is 11.1 Å². The Kier molecular flexibility index (Phi) is 1.16. The van der Waals surface area contributed by atoms with Gasteiger partial charge in [0.2, 0.25) is 0 Å². The molecule has 0 amide bonds. The number of aromatic nitrogens is 2. The summed E-state index contributed by atoms with van der Waals surface area (Å²) < 4.78 is 0. The van der Waals surface area contributed by atoms with Gasteiger partial charge in [-0.2, -0.15) is 5.10 Å². The van der Waals surface area contributed by atoms with Crippen molar-refractivity contribution in [3.63, 3.8) is 0 Å². The van der Waals surface area contributed by atoms with Gasteiger partial charge in [0.25, 0.3) is 0 Å². The lowest BCUT2D eigenvalue weighted by atomic mass is 10.1. The molecule has 0 spiro atoms. The van der Waals surface area contributed by atoms with Crippen LogP contribution in [0.15, 0.2) is 12.3 Å². The van der Waals surface area contributed by atoms with Crippen molar-refractivity contribution >= 4 is 0 Å². The van der Waals surface area contributed by atoms with E-state index < -0.39 is 0 Å². The Morgan fingerprint density at radius 2 is 2.27 bits per heavy atom. The smallest absolute Gasteiger partial charge is 0.0490 e. The zero-order valence-corrected chi connectivity index (χ0v) is 6.83. The second-order valence-electron chi connectivity index (χ2n) is 3.84. The maximum absolute atomic E-state index is 5.89. The van der Waals surface area contributed by atoms with Gasteiger partial charge < -0.3 is 5.73 Å². The minimum absolute atomic E-state index is 0.256. The molecule has 0 aliphatic heterocycles. The van der Waals surface area contributed by atoms with Gasteiger partial charge in [-0.15, -0.1) is 0 Å². The molecule has 1 fully saturated rings. The molecule has 1 aliphatic carbocycles. The number of aromatic amines is 1. The second kappa shape index (κ2) is 1.85. The van der Waals surface area contributed by atoms with Gasteiger partial charge in [-0.3, -0.25) is 5.10 Å². The van der Waals surface area contributed by atoms with Crippen LogP contribution >= 0.6 is 0 Å². The molecular weight excluding hydrogens is 138 g/mol. The van der Waals surface area contributed by atoms with Crippen LogP contribution in [0.4, 0.5) is 0 Å². The van der Waals surface area contributed by atoms with Gasteiger partial charge in [0.05, 0.1) is 0 Å². The molecule has 0 radical (unpaired) electrons. The van der Waals surface area contributed by atoms with E-state index >= 15 is 0 Å². The predicted octanol–water partition coefficient (Wildman–Crippen LogP) is 0.860. The Morgan fingerprint density at radius 1 is 1.64 bits per heavy atom. The Morgan fingerprint density at radius 3 is 2.64 bits per heavy atom. The molecule has 1 heterocycles. The van der Waals surface area contributed by atoms with Crippen molar-refractivity contribution in [3.05, 3.63) is 18.0 Å². The number of H-pyrrole nitrogens is 1. The molecule has 0 bridgehead atoms. The van der Waals surface area contributed by atoms with Crippen LogP contribution in [0.1, 0.15) is 25.5 Å². The van der Waals surface area contributed by atoms with Crippen LogP contribution in [0.25, 0.3) is 0 Å². The molecule has 1 saturated carbocycles. The Bertz CT molecular complexity index is 250. The number of hydrogen-bond acceptors (Lipinski definition) is 2. The van der Waals surface area contributed by atoms with Gasteiger partial charge in [0.1, 0.15) is 0 Å². The van der Waals surface area contributed by atoms with Crippen molar-refractivity contribution in [1.82, 2.24) is 10.2 Å². The molecule has 1 aromatic rings.